The van der Waals surface area contributed by atoms with Gasteiger partial charge in [0, 0.05) is 15.9 Å². The third-order valence-corrected chi connectivity index (χ3v) is 3.26. The van der Waals surface area contributed by atoms with E-state index in [1.165, 1.54) is 42.6 Å². The number of pyridine rings is 1. The Kier molecular flexibility index (Phi) is 3.31. The first-order chi connectivity index (χ1) is 12.8. The van der Waals surface area contributed by atoms with Gasteiger partial charge in [-0.2, -0.15) is 0 Å². The largest absolute Gasteiger partial charge is 0.477 e. The fourth-order valence-corrected chi connectivity index (χ4v) is 2.09. The van der Waals surface area contributed by atoms with Crippen LogP contribution in [0.25, 0.3) is 11.3 Å². The number of aromatic nitrogens is 2. The van der Waals surface area contributed by atoms with Gasteiger partial charge in [-0.05, 0) is 43.3 Å². The molecule has 3 rings (SSSR count). The average molecular weight is 331 g/mol. The quantitative estimate of drug-likeness (QED) is 0.770. The van der Waals surface area contributed by atoms with E-state index in [1.807, 2.05) is 0 Å². The fourth-order valence-electron chi connectivity index (χ4n) is 2.09. The molecule has 2 heterocycles. The van der Waals surface area contributed by atoms with Crippen LogP contribution in [0.3, 0.4) is 0 Å². The Morgan fingerprint density at radius 2 is 2.17 bits per heavy atom. The standard InChI is InChI=1S/C17H13FN2O4/c1-10-14(9-23-16-13(17(21)22)3-2-8-19-16)15(20-24-10)11-4-6-12(18)7-5-11/h2-8H,9H2,1H3,(H,21,22)/i1D3. The van der Waals surface area contributed by atoms with Crippen LogP contribution in [0.1, 0.15) is 25.8 Å². The van der Waals surface area contributed by atoms with Gasteiger partial charge in [-0.25, -0.2) is 14.2 Å². The number of halogens is 1. The van der Waals surface area contributed by atoms with E-state index < -0.39 is 24.4 Å². The summed E-state index contributed by atoms with van der Waals surface area (Å²) in [5, 5.41) is 13.0. The van der Waals surface area contributed by atoms with Crippen LogP contribution in [0.2, 0.25) is 0 Å². The second-order valence-electron chi connectivity index (χ2n) is 4.80. The van der Waals surface area contributed by atoms with Crippen LogP contribution >= 0.6 is 0 Å². The van der Waals surface area contributed by atoms with Crippen molar-refractivity contribution in [1.82, 2.24) is 10.1 Å². The molecule has 0 fully saturated rings. The zero-order valence-corrected chi connectivity index (χ0v) is 12.2. The van der Waals surface area contributed by atoms with Crippen molar-refractivity contribution < 1.29 is 27.7 Å². The lowest BCUT2D eigenvalue weighted by Crippen LogP contribution is -2.05. The van der Waals surface area contributed by atoms with Gasteiger partial charge in [0.1, 0.15) is 29.4 Å². The van der Waals surface area contributed by atoms with Gasteiger partial charge in [-0.1, -0.05) is 5.16 Å². The summed E-state index contributed by atoms with van der Waals surface area (Å²) in [6.07, 6.45) is 1.35. The van der Waals surface area contributed by atoms with E-state index in [0.29, 0.717) is 5.56 Å². The van der Waals surface area contributed by atoms with E-state index in [-0.39, 0.29) is 29.3 Å². The summed E-state index contributed by atoms with van der Waals surface area (Å²) in [6.45, 7) is -2.95. The lowest BCUT2D eigenvalue weighted by molar-refractivity contribution is 0.0690. The Labute approximate surface area is 140 Å². The highest BCUT2D eigenvalue weighted by atomic mass is 19.1. The number of hydrogen-bond donors (Lipinski definition) is 1. The minimum Gasteiger partial charge on any atom is -0.477 e. The van der Waals surface area contributed by atoms with Gasteiger partial charge in [0.25, 0.3) is 0 Å². The number of carbonyl (C=O) groups is 1. The summed E-state index contributed by atoms with van der Waals surface area (Å²) in [4.78, 5) is 15.1. The van der Waals surface area contributed by atoms with Crippen molar-refractivity contribution in [1.29, 1.82) is 0 Å². The van der Waals surface area contributed by atoms with Gasteiger partial charge in [0.15, 0.2) is 0 Å². The molecule has 1 aromatic carbocycles. The van der Waals surface area contributed by atoms with Crippen LogP contribution in [0, 0.1) is 12.7 Å². The second kappa shape index (κ2) is 6.49. The summed E-state index contributed by atoms with van der Waals surface area (Å²) in [6, 6.07) is 7.99. The Bertz CT molecular complexity index is 971. The lowest BCUT2D eigenvalue weighted by Gasteiger charge is -2.08. The Balaban J connectivity index is 1.99. The summed E-state index contributed by atoms with van der Waals surface area (Å²) in [5.41, 5.74) is 0.513. The van der Waals surface area contributed by atoms with Crippen LogP contribution in [-0.2, 0) is 6.61 Å². The van der Waals surface area contributed by atoms with E-state index in [4.69, 9.17) is 13.4 Å². The molecular formula is C17H13FN2O4. The normalized spacial score (nSPS) is 13.0. The Hall–Kier alpha value is -3.22. The van der Waals surface area contributed by atoms with Gasteiger partial charge in [0.05, 0.1) is 5.56 Å². The van der Waals surface area contributed by atoms with E-state index in [1.54, 1.807) is 0 Å². The molecule has 0 aliphatic rings. The molecule has 2 aromatic heterocycles. The number of aromatic carboxylic acids is 1. The van der Waals surface area contributed by atoms with Crippen LogP contribution < -0.4 is 4.74 Å². The number of carboxylic acids is 1. The van der Waals surface area contributed by atoms with Crippen LogP contribution in [0.5, 0.6) is 5.88 Å². The summed E-state index contributed by atoms with van der Waals surface area (Å²) in [7, 11) is 0. The molecule has 0 radical (unpaired) electrons. The monoisotopic (exact) mass is 331 g/mol. The average Bonchev–Trinajstić information content (AvgIpc) is 3.05. The van der Waals surface area contributed by atoms with Gasteiger partial charge >= 0.3 is 5.97 Å². The molecule has 0 aliphatic heterocycles. The van der Waals surface area contributed by atoms with Crippen LogP contribution in [-0.4, -0.2) is 21.2 Å². The second-order valence-corrected chi connectivity index (χ2v) is 4.80. The summed E-state index contributed by atoms with van der Waals surface area (Å²) >= 11 is 0. The van der Waals surface area contributed by atoms with E-state index in [9.17, 15) is 14.3 Å². The van der Waals surface area contributed by atoms with Crippen LogP contribution in [0.4, 0.5) is 4.39 Å². The summed E-state index contributed by atoms with van der Waals surface area (Å²) < 4.78 is 46.4. The molecule has 1 N–H and O–H groups in total. The summed E-state index contributed by atoms with van der Waals surface area (Å²) in [5.74, 6) is -2.27. The Morgan fingerprint density at radius 3 is 2.88 bits per heavy atom. The lowest BCUT2D eigenvalue weighted by atomic mass is 10.1. The molecule has 0 atom stereocenters. The fraction of sp³-hybridized carbons (Fsp3) is 0.118. The van der Waals surface area contributed by atoms with E-state index >= 15 is 0 Å². The maximum absolute atomic E-state index is 13.2. The first kappa shape index (κ1) is 12.2. The number of aryl methyl sites for hydroxylation is 1. The van der Waals surface area contributed by atoms with Crippen molar-refractivity contribution in [3.63, 3.8) is 0 Å². The highest BCUT2D eigenvalue weighted by Crippen LogP contribution is 2.27. The molecule has 3 aromatic rings. The highest BCUT2D eigenvalue weighted by Gasteiger charge is 2.18. The Morgan fingerprint density at radius 1 is 1.38 bits per heavy atom. The van der Waals surface area contributed by atoms with Crippen molar-refractivity contribution in [3.05, 3.63) is 65.3 Å². The SMILES string of the molecule is [2H]C([2H])([2H])c1onc(-c2ccc(F)cc2)c1COc1ncccc1C(=O)O. The number of nitrogens with zero attached hydrogens (tertiary/aromatic N) is 2. The van der Waals surface area contributed by atoms with Gasteiger partial charge in [-0.3, -0.25) is 0 Å². The number of rotatable bonds is 5. The zero-order valence-electron chi connectivity index (χ0n) is 15.2. The van der Waals surface area contributed by atoms with Crippen molar-refractivity contribution in [2.45, 2.75) is 13.5 Å². The molecule has 7 heteroatoms. The molecule has 24 heavy (non-hydrogen) atoms. The minimum absolute atomic E-state index is 0.101. The predicted molar refractivity (Wildman–Crippen MR) is 82.2 cm³/mol. The molecule has 0 amide bonds. The molecular weight excluding hydrogens is 315 g/mol. The number of benzene rings is 1. The molecule has 0 saturated carbocycles. The van der Waals surface area contributed by atoms with Gasteiger partial charge < -0.3 is 14.4 Å². The van der Waals surface area contributed by atoms with Crippen LogP contribution in [0.15, 0.2) is 47.1 Å². The van der Waals surface area contributed by atoms with E-state index in [2.05, 4.69) is 10.1 Å². The topological polar surface area (TPSA) is 85.5 Å². The van der Waals surface area contributed by atoms with E-state index in [0.717, 1.165) is 0 Å². The smallest absolute Gasteiger partial charge is 0.341 e. The third kappa shape index (κ3) is 3.10. The molecule has 0 spiro atoms. The van der Waals surface area contributed by atoms with Crippen molar-refractivity contribution in [2.75, 3.05) is 0 Å². The van der Waals surface area contributed by atoms with Gasteiger partial charge in [-0.15, -0.1) is 0 Å². The molecule has 0 bridgehead atoms. The highest BCUT2D eigenvalue weighted by molar-refractivity contribution is 5.90. The predicted octanol–water partition coefficient (Wildman–Crippen LogP) is 3.46. The minimum atomic E-state index is -2.61. The molecule has 0 unspecified atom stereocenters. The molecule has 0 aliphatic carbocycles. The van der Waals surface area contributed by atoms with Crippen molar-refractivity contribution >= 4 is 5.97 Å². The zero-order chi connectivity index (χ0) is 19.6. The van der Waals surface area contributed by atoms with Crippen molar-refractivity contribution in [3.8, 4) is 17.1 Å². The molecule has 0 saturated heterocycles. The first-order valence-corrected chi connectivity index (χ1v) is 6.83. The van der Waals surface area contributed by atoms with Gasteiger partial charge in [0.2, 0.25) is 5.88 Å². The first-order valence-electron chi connectivity index (χ1n) is 8.33. The number of hydrogen-bond acceptors (Lipinski definition) is 5. The third-order valence-electron chi connectivity index (χ3n) is 3.26. The maximum Gasteiger partial charge on any atom is 0.341 e. The molecule has 122 valence electrons. The number of carboxylic acid groups (broad SMARTS) is 1. The maximum atomic E-state index is 13.2. The molecule has 6 nitrogen and oxygen atoms in total. The van der Waals surface area contributed by atoms with Crippen molar-refractivity contribution in [2.24, 2.45) is 0 Å². The number of ether oxygens (including phenoxy) is 1.